The number of sulfonamides is 1. The van der Waals surface area contributed by atoms with Gasteiger partial charge < -0.3 is 10.1 Å². The fourth-order valence-corrected chi connectivity index (χ4v) is 5.79. The molecule has 1 aromatic carbocycles. The number of nitrogens with one attached hydrogen (secondary N) is 1. The number of rotatable bonds is 7. The Morgan fingerprint density at radius 2 is 1.97 bits per heavy atom. The second-order valence-corrected chi connectivity index (χ2v) is 10.3. The molecule has 9 heteroatoms. The maximum Gasteiger partial charge on any atom is 0.243 e. The van der Waals surface area contributed by atoms with Gasteiger partial charge in [-0.15, -0.1) is 11.3 Å². The summed E-state index contributed by atoms with van der Waals surface area (Å²) < 4.78 is 32.1. The second-order valence-electron chi connectivity index (χ2n) is 7.50. The van der Waals surface area contributed by atoms with Crippen molar-refractivity contribution < 1.29 is 17.9 Å². The summed E-state index contributed by atoms with van der Waals surface area (Å²) in [5.41, 5.74) is 0.827. The molecule has 0 radical (unpaired) electrons. The van der Waals surface area contributed by atoms with Crippen molar-refractivity contribution in [2.24, 2.45) is 5.92 Å². The van der Waals surface area contributed by atoms with Gasteiger partial charge in [-0.1, -0.05) is 12.1 Å². The molecule has 0 bridgehead atoms. The predicted molar refractivity (Wildman–Crippen MR) is 111 cm³/mol. The van der Waals surface area contributed by atoms with Crippen LogP contribution in [0, 0.1) is 5.92 Å². The first kappa shape index (κ1) is 20.5. The molecule has 7 nitrogen and oxygen atoms in total. The lowest BCUT2D eigenvalue weighted by atomic mass is 9.84. The van der Waals surface area contributed by atoms with Crippen molar-refractivity contribution >= 4 is 32.4 Å². The molecule has 2 aliphatic rings. The number of nitrogens with zero attached hydrogens (tertiary/aromatic N) is 2. The lowest BCUT2D eigenvalue weighted by molar-refractivity contribution is -0.118. The van der Waals surface area contributed by atoms with Crippen LogP contribution in [0.15, 0.2) is 40.7 Å². The van der Waals surface area contributed by atoms with E-state index in [1.54, 1.807) is 30.5 Å². The third-order valence-electron chi connectivity index (χ3n) is 5.62. The SMILES string of the molecule is O=C(Nc1nccs1)C(CC1CCOCC1)c1ccc(S(=O)(=O)N2CCC2)cc1. The van der Waals surface area contributed by atoms with Crippen LogP contribution >= 0.6 is 11.3 Å². The van der Waals surface area contributed by atoms with Crippen molar-refractivity contribution in [1.29, 1.82) is 0 Å². The number of carbonyl (C=O) groups excluding carboxylic acids is 1. The van der Waals surface area contributed by atoms with Gasteiger partial charge in [0, 0.05) is 37.9 Å². The van der Waals surface area contributed by atoms with Gasteiger partial charge in [-0.2, -0.15) is 4.31 Å². The minimum atomic E-state index is -3.43. The quantitative estimate of drug-likeness (QED) is 0.722. The van der Waals surface area contributed by atoms with Crippen LogP contribution in [0.25, 0.3) is 0 Å². The Morgan fingerprint density at radius 3 is 2.55 bits per heavy atom. The molecule has 1 amide bonds. The molecule has 1 aromatic heterocycles. The fraction of sp³-hybridized carbons (Fsp3) is 0.500. The molecule has 0 spiro atoms. The molecule has 2 fully saturated rings. The Labute approximate surface area is 175 Å². The Bertz CT molecular complexity index is 919. The van der Waals surface area contributed by atoms with Crippen molar-refractivity contribution in [3.05, 3.63) is 41.4 Å². The van der Waals surface area contributed by atoms with Crippen molar-refractivity contribution in [2.75, 3.05) is 31.6 Å². The summed E-state index contributed by atoms with van der Waals surface area (Å²) in [6, 6.07) is 6.80. The highest BCUT2D eigenvalue weighted by atomic mass is 32.2. The van der Waals surface area contributed by atoms with E-state index in [0.717, 1.165) is 38.0 Å². The highest BCUT2D eigenvalue weighted by Gasteiger charge is 2.30. The number of benzene rings is 1. The molecular weight excluding hydrogens is 410 g/mol. The number of hydrogen-bond acceptors (Lipinski definition) is 6. The highest BCUT2D eigenvalue weighted by molar-refractivity contribution is 7.89. The minimum Gasteiger partial charge on any atom is -0.381 e. The number of anilines is 1. The molecule has 29 heavy (non-hydrogen) atoms. The Kier molecular flexibility index (Phi) is 6.29. The van der Waals surface area contributed by atoms with E-state index >= 15 is 0 Å². The number of thiazole rings is 1. The minimum absolute atomic E-state index is 0.107. The molecule has 1 atom stereocenters. The van der Waals surface area contributed by atoms with Crippen LogP contribution in [0.5, 0.6) is 0 Å². The molecular formula is C20H25N3O4S2. The van der Waals surface area contributed by atoms with Gasteiger partial charge in [0.15, 0.2) is 5.13 Å². The largest absolute Gasteiger partial charge is 0.381 e. The van der Waals surface area contributed by atoms with E-state index in [1.165, 1.54) is 15.6 Å². The Balaban J connectivity index is 1.55. The van der Waals surface area contributed by atoms with Gasteiger partial charge >= 0.3 is 0 Å². The van der Waals surface area contributed by atoms with Crippen LogP contribution in [0.1, 0.15) is 37.2 Å². The topological polar surface area (TPSA) is 88.6 Å². The van der Waals surface area contributed by atoms with Gasteiger partial charge in [-0.3, -0.25) is 4.79 Å². The molecule has 4 rings (SSSR count). The zero-order valence-corrected chi connectivity index (χ0v) is 17.8. The van der Waals surface area contributed by atoms with Gasteiger partial charge in [0.2, 0.25) is 15.9 Å². The number of aromatic nitrogens is 1. The van der Waals surface area contributed by atoms with Gasteiger partial charge in [0.1, 0.15) is 0 Å². The highest BCUT2D eigenvalue weighted by Crippen LogP contribution is 2.32. The van der Waals surface area contributed by atoms with Crippen molar-refractivity contribution in [3.63, 3.8) is 0 Å². The van der Waals surface area contributed by atoms with Crippen molar-refractivity contribution in [2.45, 2.75) is 36.5 Å². The van der Waals surface area contributed by atoms with Crippen LogP contribution in [-0.4, -0.2) is 49.9 Å². The molecule has 0 saturated carbocycles. The van der Waals surface area contributed by atoms with Crippen LogP contribution in [0.4, 0.5) is 5.13 Å². The van der Waals surface area contributed by atoms with Crippen LogP contribution < -0.4 is 5.32 Å². The van der Waals surface area contributed by atoms with Gasteiger partial charge in [0.05, 0.1) is 10.8 Å². The summed E-state index contributed by atoms with van der Waals surface area (Å²) in [5.74, 6) is -0.0622. The number of ether oxygens (including phenoxy) is 1. The van der Waals surface area contributed by atoms with E-state index in [0.29, 0.717) is 30.6 Å². The maximum absolute atomic E-state index is 13.0. The molecule has 2 aromatic rings. The zero-order chi connectivity index (χ0) is 20.3. The summed E-state index contributed by atoms with van der Waals surface area (Å²) in [6.45, 7) is 2.59. The number of amides is 1. The third-order valence-corrected chi connectivity index (χ3v) is 8.23. The normalized spacial score (nSPS) is 19.4. The van der Waals surface area contributed by atoms with E-state index in [2.05, 4.69) is 10.3 Å². The first-order valence-corrected chi connectivity index (χ1v) is 12.2. The molecule has 1 unspecified atom stereocenters. The van der Waals surface area contributed by atoms with E-state index < -0.39 is 10.0 Å². The summed E-state index contributed by atoms with van der Waals surface area (Å²) in [6.07, 6.45) is 5.13. The number of carbonyl (C=O) groups is 1. The average molecular weight is 436 g/mol. The lowest BCUT2D eigenvalue weighted by Gasteiger charge is -2.30. The summed E-state index contributed by atoms with van der Waals surface area (Å²) in [7, 11) is -3.43. The van der Waals surface area contributed by atoms with Gasteiger partial charge in [-0.05, 0) is 49.3 Å². The van der Waals surface area contributed by atoms with Crippen LogP contribution in [0.2, 0.25) is 0 Å². The van der Waals surface area contributed by atoms with Crippen LogP contribution in [0.3, 0.4) is 0 Å². The monoisotopic (exact) mass is 435 g/mol. The number of hydrogen-bond donors (Lipinski definition) is 1. The van der Waals surface area contributed by atoms with Crippen molar-refractivity contribution in [1.82, 2.24) is 9.29 Å². The molecule has 156 valence electrons. The smallest absolute Gasteiger partial charge is 0.243 e. The molecule has 3 heterocycles. The predicted octanol–water partition coefficient (Wildman–Crippen LogP) is 3.08. The average Bonchev–Trinajstić information content (AvgIpc) is 3.18. The first-order chi connectivity index (χ1) is 14.0. The van der Waals surface area contributed by atoms with E-state index in [1.807, 2.05) is 5.38 Å². The third kappa shape index (κ3) is 4.69. The molecule has 1 N–H and O–H groups in total. The summed E-state index contributed by atoms with van der Waals surface area (Å²) >= 11 is 1.38. The van der Waals surface area contributed by atoms with E-state index in [-0.39, 0.29) is 16.7 Å². The zero-order valence-electron chi connectivity index (χ0n) is 16.1. The van der Waals surface area contributed by atoms with E-state index in [9.17, 15) is 13.2 Å². The second kappa shape index (κ2) is 8.91. The Morgan fingerprint density at radius 1 is 1.24 bits per heavy atom. The van der Waals surface area contributed by atoms with Crippen molar-refractivity contribution in [3.8, 4) is 0 Å². The molecule has 2 saturated heterocycles. The molecule has 0 aliphatic carbocycles. The molecule has 2 aliphatic heterocycles. The Hall–Kier alpha value is -1.81. The lowest BCUT2D eigenvalue weighted by Crippen LogP contribution is -2.41. The van der Waals surface area contributed by atoms with Gasteiger partial charge in [0.25, 0.3) is 0 Å². The standard InChI is InChI=1S/C20H25N3O4S2/c24-19(22-20-21-8-13-28-20)18(14-15-6-11-27-12-7-15)16-2-4-17(5-3-16)29(25,26)23-9-1-10-23/h2-5,8,13,15,18H,1,6-7,9-12,14H2,(H,21,22,24). The maximum atomic E-state index is 13.0. The van der Waals surface area contributed by atoms with E-state index in [4.69, 9.17) is 4.74 Å². The van der Waals surface area contributed by atoms with Gasteiger partial charge in [-0.25, -0.2) is 13.4 Å². The summed E-state index contributed by atoms with van der Waals surface area (Å²) in [5, 5.41) is 5.29. The van der Waals surface area contributed by atoms with Crippen LogP contribution in [-0.2, 0) is 19.6 Å². The summed E-state index contributed by atoms with van der Waals surface area (Å²) in [4.78, 5) is 17.5. The fourth-order valence-electron chi connectivity index (χ4n) is 3.74. The first-order valence-electron chi connectivity index (χ1n) is 9.92.